The minimum absolute atomic E-state index is 0.0824. The Kier molecular flexibility index (Phi) is 6.69. The minimum Gasteiger partial charge on any atom is -0.481 e. The molecule has 0 aliphatic carbocycles. The van der Waals surface area contributed by atoms with Gasteiger partial charge in [0.05, 0.1) is 5.69 Å². The molecule has 2 N–H and O–H groups in total. The second kappa shape index (κ2) is 8.29. The fourth-order valence-corrected chi connectivity index (χ4v) is 1.63. The smallest absolute Gasteiger partial charge is 0.303 e. The number of hydrogen-bond donors (Lipinski definition) is 2. The van der Waals surface area contributed by atoms with E-state index in [4.69, 9.17) is 5.11 Å². The van der Waals surface area contributed by atoms with Gasteiger partial charge in [0.1, 0.15) is 6.54 Å². The van der Waals surface area contributed by atoms with Crippen LogP contribution in [0.3, 0.4) is 0 Å². The van der Waals surface area contributed by atoms with Crippen LogP contribution in [0, 0.1) is 5.92 Å². The highest BCUT2D eigenvalue weighted by Gasteiger charge is 2.06. The summed E-state index contributed by atoms with van der Waals surface area (Å²) in [6.07, 6.45) is 3.96. The number of nitrogens with one attached hydrogen (secondary N) is 1. The number of unbranched alkanes of at least 4 members (excludes halogenated alkanes) is 1. The quantitative estimate of drug-likeness (QED) is 0.654. The van der Waals surface area contributed by atoms with Gasteiger partial charge in [-0.2, -0.15) is 0 Å². The molecule has 0 aliphatic heterocycles. The monoisotopic (exact) mass is 282 g/mol. The summed E-state index contributed by atoms with van der Waals surface area (Å²) in [5.41, 5.74) is 0.784. The van der Waals surface area contributed by atoms with Gasteiger partial charge in [0, 0.05) is 19.2 Å². The number of carbonyl (C=O) groups excluding carboxylic acids is 1. The van der Waals surface area contributed by atoms with Crippen molar-refractivity contribution in [3.63, 3.8) is 0 Å². The van der Waals surface area contributed by atoms with Gasteiger partial charge in [-0.25, -0.2) is 4.68 Å². The molecule has 0 fully saturated rings. The lowest BCUT2D eigenvalue weighted by atomic mass is 10.1. The number of carbonyl (C=O) groups is 2. The first-order valence-electron chi connectivity index (χ1n) is 6.85. The molecule has 1 rings (SSSR count). The van der Waals surface area contributed by atoms with Crippen LogP contribution in [0.25, 0.3) is 0 Å². The van der Waals surface area contributed by atoms with Gasteiger partial charge in [-0.3, -0.25) is 9.59 Å². The Labute approximate surface area is 118 Å². The van der Waals surface area contributed by atoms with Crippen molar-refractivity contribution >= 4 is 11.9 Å². The average molecular weight is 282 g/mol. The van der Waals surface area contributed by atoms with Gasteiger partial charge >= 0.3 is 5.97 Å². The molecule has 1 aromatic heterocycles. The van der Waals surface area contributed by atoms with Gasteiger partial charge in [0.2, 0.25) is 5.91 Å². The maximum atomic E-state index is 11.6. The van der Waals surface area contributed by atoms with Gasteiger partial charge < -0.3 is 10.4 Å². The second-order valence-electron chi connectivity index (χ2n) is 5.21. The number of rotatable bonds is 9. The van der Waals surface area contributed by atoms with Gasteiger partial charge in [-0.15, -0.1) is 5.10 Å². The molecule has 7 nitrogen and oxygen atoms in total. The molecule has 0 radical (unpaired) electrons. The van der Waals surface area contributed by atoms with Crippen molar-refractivity contribution in [2.75, 3.05) is 6.54 Å². The van der Waals surface area contributed by atoms with Crippen molar-refractivity contribution in [3.8, 4) is 0 Å². The van der Waals surface area contributed by atoms with Crippen LogP contribution in [0.15, 0.2) is 6.20 Å². The van der Waals surface area contributed by atoms with Crippen LogP contribution in [0.2, 0.25) is 0 Å². The third-order valence-electron chi connectivity index (χ3n) is 2.67. The predicted molar refractivity (Wildman–Crippen MR) is 73.1 cm³/mol. The number of hydrogen-bond acceptors (Lipinski definition) is 4. The molecule has 0 atom stereocenters. The molecule has 0 unspecified atom stereocenters. The number of amides is 1. The average Bonchev–Trinajstić information content (AvgIpc) is 2.79. The van der Waals surface area contributed by atoms with Crippen molar-refractivity contribution in [1.29, 1.82) is 0 Å². The Balaban J connectivity index is 2.28. The number of nitrogens with zero attached hydrogens (tertiary/aromatic N) is 3. The van der Waals surface area contributed by atoms with Gasteiger partial charge in [0.15, 0.2) is 0 Å². The van der Waals surface area contributed by atoms with Crippen molar-refractivity contribution in [2.24, 2.45) is 5.92 Å². The highest BCUT2D eigenvalue weighted by atomic mass is 16.4. The third kappa shape index (κ3) is 6.86. The van der Waals surface area contributed by atoms with Crippen LogP contribution in [-0.4, -0.2) is 38.5 Å². The number of aliphatic carboxylic acids is 1. The van der Waals surface area contributed by atoms with Crippen molar-refractivity contribution in [2.45, 2.75) is 46.1 Å². The van der Waals surface area contributed by atoms with Crippen molar-refractivity contribution in [1.82, 2.24) is 20.3 Å². The molecule has 0 saturated carbocycles. The number of aryl methyl sites for hydroxylation is 1. The standard InChI is InChI=1S/C13H22N4O3/c1-10(2)7-14-12(18)9-17-8-11(15-16-17)5-3-4-6-13(19)20/h8,10H,3-7,9H2,1-2H3,(H,14,18)(H,19,20). The maximum absolute atomic E-state index is 11.6. The van der Waals surface area contributed by atoms with Crippen molar-refractivity contribution in [3.05, 3.63) is 11.9 Å². The zero-order chi connectivity index (χ0) is 15.0. The molecule has 0 bridgehead atoms. The van der Waals surface area contributed by atoms with E-state index in [-0.39, 0.29) is 18.9 Å². The third-order valence-corrected chi connectivity index (χ3v) is 2.67. The number of carboxylic acid groups (broad SMARTS) is 1. The lowest BCUT2D eigenvalue weighted by molar-refractivity contribution is -0.137. The molecule has 20 heavy (non-hydrogen) atoms. The lowest BCUT2D eigenvalue weighted by Gasteiger charge is -2.06. The first kappa shape index (κ1) is 16.1. The molecule has 1 amide bonds. The molecule has 1 aromatic rings. The summed E-state index contributed by atoms with van der Waals surface area (Å²) in [5, 5.41) is 19.2. The molecular formula is C13H22N4O3. The van der Waals surface area contributed by atoms with Gasteiger partial charge in [-0.05, 0) is 25.2 Å². The Bertz CT molecular complexity index is 443. The number of carboxylic acids is 1. The van der Waals surface area contributed by atoms with Gasteiger partial charge in [-0.1, -0.05) is 19.1 Å². The maximum Gasteiger partial charge on any atom is 0.303 e. The van der Waals surface area contributed by atoms with Crippen LogP contribution in [0.4, 0.5) is 0 Å². The summed E-state index contributed by atoms with van der Waals surface area (Å²) >= 11 is 0. The molecule has 7 heteroatoms. The fourth-order valence-electron chi connectivity index (χ4n) is 1.63. The zero-order valence-corrected chi connectivity index (χ0v) is 12.0. The Morgan fingerprint density at radius 3 is 2.80 bits per heavy atom. The molecule has 1 heterocycles. The van der Waals surface area contributed by atoms with E-state index in [2.05, 4.69) is 15.6 Å². The van der Waals surface area contributed by atoms with E-state index in [1.165, 1.54) is 4.68 Å². The van der Waals surface area contributed by atoms with E-state index >= 15 is 0 Å². The fraction of sp³-hybridized carbons (Fsp3) is 0.692. The van der Waals surface area contributed by atoms with Crippen LogP contribution >= 0.6 is 0 Å². The van der Waals surface area contributed by atoms with E-state index in [0.29, 0.717) is 25.3 Å². The summed E-state index contributed by atoms with van der Waals surface area (Å²) in [6, 6.07) is 0. The molecule has 112 valence electrons. The molecule has 0 saturated heterocycles. The highest BCUT2D eigenvalue weighted by molar-refractivity contribution is 5.75. The molecular weight excluding hydrogens is 260 g/mol. The molecule has 0 aromatic carbocycles. The lowest BCUT2D eigenvalue weighted by Crippen LogP contribution is -2.30. The second-order valence-corrected chi connectivity index (χ2v) is 5.21. The Hall–Kier alpha value is -1.92. The molecule has 0 aliphatic rings. The molecule has 0 spiro atoms. The Morgan fingerprint density at radius 1 is 1.40 bits per heavy atom. The Morgan fingerprint density at radius 2 is 2.15 bits per heavy atom. The summed E-state index contributed by atoms with van der Waals surface area (Å²) in [6.45, 7) is 4.88. The van der Waals surface area contributed by atoms with Crippen LogP contribution in [0.1, 0.15) is 38.8 Å². The van der Waals surface area contributed by atoms with E-state index < -0.39 is 5.97 Å². The van der Waals surface area contributed by atoms with Gasteiger partial charge in [0.25, 0.3) is 0 Å². The van der Waals surface area contributed by atoms with E-state index in [9.17, 15) is 9.59 Å². The normalized spacial score (nSPS) is 10.8. The summed E-state index contributed by atoms with van der Waals surface area (Å²) in [5.74, 6) is -0.448. The zero-order valence-electron chi connectivity index (χ0n) is 12.0. The van der Waals surface area contributed by atoms with Crippen molar-refractivity contribution < 1.29 is 14.7 Å². The summed E-state index contributed by atoms with van der Waals surface area (Å²) < 4.78 is 1.50. The first-order chi connectivity index (χ1) is 9.47. The van der Waals surface area contributed by atoms with Crippen LogP contribution in [0.5, 0.6) is 0 Å². The largest absolute Gasteiger partial charge is 0.481 e. The SMILES string of the molecule is CC(C)CNC(=O)Cn1cc(CCCCC(=O)O)nn1. The van der Waals surface area contributed by atoms with Crippen LogP contribution in [-0.2, 0) is 22.6 Å². The van der Waals surface area contributed by atoms with E-state index in [1.807, 2.05) is 13.8 Å². The number of aromatic nitrogens is 3. The summed E-state index contributed by atoms with van der Waals surface area (Å²) in [7, 11) is 0. The highest BCUT2D eigenvalue weighted by Crippen LogP contribution is 2.03. The summed E-state index contributed by atoms with van der Waals surface area (Å²) in [4.78, 5) is 22.0. The van der Waals surface area contributed by atoms with Crippen LogP contribution < -0.4 is 5.32 Å². The van der Waals surface area contributed by atoms with E-state index in [0.717, 1.165) is 12.1 Å². The first-order valence-corrected chi connectivity index (χ1v) is 6.85. The minimum atomic E-state index is -0.782. The van der Waals surface area contributed by atoms with E-state index in [1.54, 1.807) is 6.20 Å². The predicted octanol–water partition coefficient (Wildman–Crippen LogP) is 0.848. The topological polar surface area (TPSA) is 97.1 Å².